The van der Waals surface area contributed by atoms with Gasteiger partial charge in [0.1, 0.15) is 11.6 Å². The molecule has 1 heterocycles. The number of nitrogens with one attached hydrogen (secondary N) is 1. The molecule has 7 heteroatoms. The van der Waals surface area contributed by atoms with Crippen LogP contribution in [-0.4, -0.2) is 42.5 Å². The summed E-state index contributed by atoms with van der Waals surface area (Å²) in [6.45, 7) is 4.20. The summed E-state index contributed by atoms with van der Waals surface area (Å²) in [5.41, 5.74) is 2.51. The molecule has 0 radical (unpaired) electrons. The van der Waals surface area contributed by atoms with Gasteiger partial charge in [0.2, 0.25) is 0 Å². The van der Waals surface area contributed by atoms with Gasteiger partial charge < -0.3 is 15.1 Å². The summed E-state index contributed by atoms with van der Waals surface area (Å²) >= 11 is 5.85. The van der Waals surface area contributed by atoms with Crippen LogP contribution in [0.25, 0.3) is 0 Å². The van der Waals surface area contributed by atoms with Crippen LogP contribution < -0.4 is 5.32 Å². The van der Waals surface area contributed by atoms with Crippen LogP contribution in [0.3, 0.4) is 0 Å². The summed E-state index contributed by atoms with van der Waals surface area (Å²) in [7, 11) is 1.71. The number of hydrogen-bond donors (Lipinski definition) is 1. The van der Waals surface area contributed by atoms with Gasteiger partial charge in [0.05, 0.1) is 11.1 Å². The largest absolute Gasteiger partial charge is 0.323 e. The second-order valence-electron chi connectivity index (χ2n) is 7.15. The smallest absolute Gasteiger partial charge is 0.320 e. The molecule has 0 spiro atoms. The predicted octanol–water partition coefficient (Wildman–Crippen LogP) is 4.52. The zero-order valence-corrected chi connectivity index (χ0v) is 16.8. The number of rotatable bonds is 3. The Morgan fingerprint density at radius 1 is 1.29 bits per heavy atom. The van der Waals surface area contributed by atoms with E-state index in [4.69, 9.17) is 11.6 Å². The van der Waals surface area contributed by atoms with Gasteiger partial charge in [-0.3, -0.25) is 0 Å². The molecule has 2 aromatic carbocycles. The number of carbonyl (C=O) groups excluding carboxylic acids is 1. The van der Waals surface area contributed by atoms with E-state index in [9.17, 15) is 13.6 Å². The maximum absolute atomic E-state index is 13.5. The van der Waals surface area contributed by atoms with E-state index in [1.54, 1.807) is 24.1 Å². The average Bonchev–Trinajstić information content (AvgIpc) is 2.90. The summed E-state index contributed by atoms with van der Waals surface area (Å²) in [6, 6.07) is 8.82. The van der Waals surface area contributed by atoms with Crippen molar-refractivity contribution in [3.05, 3.63) is 69.7 Å². The van der Waals surface area contributed by atoms with Gasteiger partial charge in [-0.25, -0.2) is 13.6 Å². The number of carbonyl (C=O) groups is 1. The maximum Gasteiger partial charge on any atom is 0.320 e. The fourth-order valence-corrected chi connectivity index (χ4v) is 3.80. The van der Waals surface area contributed by atoms with E-state index in [1.807, 2.05) is 11.8 Å². The second-order valence-corrected chi connectivity index (χ2v) is 7.56. The van der Waals surface area contributed by atoms with Crippen LogP contribution in [0.2, 0.25) is 5.02 Å². The van der Waals surface area contributed by atoms with Crippen molar-refractivity contribution >= 4 is 17.6 Å². The summed E-state index contributed by atoms with van der Waals surface area (Å²) in [5.74, 6) is -0.768. The molecule has 28 heavy (non-hydrogen) atoms. The maximum atomic E-state index is 13.5. The third-order valence-electron chi connectivity index (χ3n) is 5.03. The molecule has 1 fully saturated rings. The molecule has 1 aliphatic heterocycles. The van der Waals surface area contributed by atoms with Crippen molar-refractivity contribution in [2.24, 2.45) is 0 Å². The van der Waals surface area contributed by atoms with Crippen molar-refractivity contribution in [2.45, 2.75) is 25.9 Å². The van der Waals surface area contributed by atoms with Crippen LogP contribution in [0.5, 0.6) is 0 Å². The molecular weight excluding hydrogens is 384 g/mol. The lowest BCUT2D eigenvalue weighted by Crippen LogP contribution is -2.44. The van der Waals surface area contributed by atoms with Gasteiger partial charge in [-0.15, -0.1) is 0 Å². The molecule has 2 amide bonds. The van der Waals surface area contributed by atoms with Crippen molar-refractivity contribution in [1.82, 2.24) is 15.1 Å². The molecule has 4 nitrogen and oxygen atoms in total. The molecule has 0 aliphatic carbocycles. The van der Waals surface area contributed by atoms with E-state index in [-0.39, 0.29) is 22.9 Å². The minimum atomic E-state index is -0.482. The first-order valence-corrected chi connectivity index (χ1v) is 9.67. The van der Waals surface area contributed by atoms with E-state index < -0.39 is 5.82 Å². The van der Waals surface area contributed by atoms with Gasteiger partial charge in [-0.2, -0.15) is 0 Å². The highest BCUT2D eigenvalue weighted by molar-refractivity contribution is 6.30. The predicted molar refractivity (Wildman–Crippen MR) is 106 cm³/mol. The summed E-state index contributed by atoms with van der Waals surface area (Å²) in [6.07, 6.45) is 0.832. The third-order valence-corrected chi connectivity index (χ3v) is 5.32. The third kappa shape index (κ3) is 4.62. The molecule has 1 aliphatic rings. The minimum Gasteiger partial charge on any atom is -0.323 e. The van der Waals surface area contributed by atoms with Crippen LogP contribution >= 0.6 is 11.6 Å². The molecule has 1 unspecified atom stereocenters. The standard InChI is InChI=1S/C21H24ClF2N3O/c1-14-10-16(23)5-6-17(14)20-12-25-8-3-9-27(20)21(28)26(2)13-15-4-7-19(24)18(22)11-15/h4-7,10-11,20,25H,3,8-9,12-13H2,1-2H3. The molecule has 1 atom stereocenters. The molecule has 1 N–H and O–H groups in total. The number of aryl methyl sites for hydroxylation is 1. The first-order valence-electron chi connectivity index (χ1n) is 9.29. The molecular formula is C21H24ClF2N3O. The molecule has 0 saturated carbocycles. The van der Waals surface area contributed by atoms with Crippen molar-refractivity contribution in [3.8, 4) is 0 Å². The van der Waals surface area contributed by atoms with Gasteiger partial charge in [0.25, 0.3) is 0 Å². The zero-order chi connectivity index (χ0) is 20.3. The van der Waals surface area contributed by atoms with Crippen LogP contribution in [0.4, 0.5) is 13.6 Å². The zero-order valence-electron chi connectivity index (χ0n) is 16.0. The van der Waals surface area contributed by atoms with Gasteiger partial charge in [0.15, 0.2) is 0 Å². The number of urea groups is 1. The lowest BCUT2D eigenvalue weighted by molar-refractivity contribution is 0.143. The van der Waals surface area contributed by atoms with Gasteiger partial charge in [0, 0.05) is 26.7 Å². The molecule has 0 bridgehead atoms. The van der Waals surface area contributed by atoms with Gasteiger partial charge in [-0.05, 0) is 60.8 Å². The summed E-state index contributed by atoms with van der Waals surface area (Å²) < 4.78 is 26.9. The summed E-state index contributed by atoms with van der Waals surface area (Å²) in [5, 5.41) is 3.40. The fraction of sp³-hybridized carbons (Fsp3) is 0.381. The van der Waals surface area contributed by atoms with Crippen LogP contribution in [-0.2, 0) is 6.54 Å². The summed E-state index contributed by atoms with van der Waals surface area (Å²) in [4.78, 5) is 16.6. The molecule has 3 rings (SSSR count). The van der Waals surface area contributed by atoms with Gasteiger partial charge in [-0.1, -0.05) is 23.7 Å². The lowest BCUT2D eigenvalue weighted by atomic mass is 10.00. The highest BCUT2D eigenvalue weighted by atomic mass is 35.5. The Balaban J connectivity index is 1.82. The second kappa shape index (κ2) is 8.88. The van der Waals surface area contributed by atoms with E-state index >= 15 is 0 Å². The lowest BCUT2D eigenvalue weighted by Gasteiger charge is -2.34. The minimum absolute atomic E-state index is 0.0390. The first-order chi connectivity index (χ1) is 13.4. The van der Waals surface area contributed by atoms with Crippen molar-refractivity contribution in [1.29, 1.82) is 0 Å². The Morgan fingerprint density at radius 2 is 2.07 bits per heavy atom. The Bertz CT molecular complexity index is 862. The molecule has 1 saturated heterocycles. The Kier molecular flexibility index (Phi) is 6.52. The number of nitrogens with zero attached hydrogens (tertiary/aromatic N) is 2. The van der Waals surface area contributed by atoms with Crippen molar-refractivity contribution < 1.29 is 13.6 Å². The Labute approximate surface area is 169 Å². The van der Waals surface area contributed by atoms with Crippen LogP contribution in [0.1, 0.15) is 29.2 Å². The molecule has 2 aromatic rings. The Hall–Kier alpha value is -2.18. The normalized spacial score (nSPS) is 17.3. The number of halogens is 3. The van der Waals surface area contributed by atoms with E-state index in [0.29, 0.717) is 19.6 Å². The quantitative estimate of drug-likeness (QED) is 0.812. The van der Waals surface area contributed by atoms with E-state index in [0.717, 1.165) is 29.7 Å². The topological polar surface area (TPSA) is 35.6 Å². The van der Waals surface area contributed by atoms with Gasteiger partial charge >= 0.3 is 6.03 Å². The monoisotopic (exact) mass is 407 g/mol. The average molecular weight is 408 g/mol. The highest BCUT2D eigenvalue weighted by Crippen LogP contribution is 2.27. The van der Waals surface area contributed by atoms with E-state index in [2.05, 4.69) is 5.32 Å². The van der Waals surface area contributed by atoms with Crippen LogP contribution in [0.15, 0.2) is 36.4 Å². The van der Waals surface area contributed by atoms with E-state index in [1.165, 1.54) is 24.3 Å². The SMILES string of the molecule is Cc1cc(F)ccc1C1CNCCCN1C(=O)N(C)Cc1ccc(F)c(Cl)c1. The number of amides is 2. The van der Waals surface area contributed by atoms with Crippen molar-refractivity contribution in [3.63, 3.8) is 0 Å². The molecule has 0 aromatic heterocycles. The highest BCUT2D eigenvalue weighted by Gasteiger charge is 2.29. The van der Waals surface area contributed by atoms with Crippen molar-refractivity contribution in [2.75, 3.05) is 26.7 Å². The number of hydrogen-bond acceptors (Lipinski definition) is 2. The first kappa shape index (κ1) is 20.6. The Morgan fingerprint density at radius 3 is 2.79 bits per heavy atom. The number of benzene rings is 2. The fourth-order valence-electron chi connectivity index (χ4n) is 3.60. The molecule has 150 valence electrons. The van der Waals surface area contributed by atoms with Crippen LogP contribution in [0, 0.1) is 18.6 Å².